The van der Waals surface area contributed by atoms with Crippen LogP contribution in [0.1, 0.15) is 34.9 Å². The standard InChI is InChI=1S/C50H38N4/c1-3-16-46-37(4-2)44-25-15-26-45-43-28-27-35(31-47(43)54(46)48(44)45)39-29-30-42(41-24-14-13-23-40(39)41)38-22-12-11-21-36(38)32-52-50(34-19-9-6-10-20-34)53-49(51)33-17-7-5-8-18-33/h3-31H,2,32H2,1H3,(H2,51,52,53)/b16-3-. The van der Waals surface area contributed by atoms with Crippen molar-refractivity contribution in [1.82, 2.24) is 9.72 Å². The van der Waals surface area contributed by atoms with E-state index in [4.69, 9.17) is 10.4 Å². The summed E-state index contributed by atoms with van der Waals surface area (Å²) in [5, 5.41) is 18.5. The Labute approximate surface area is 314 Å². The predicted molar refractivity (Wildman–Crippen MR) is 230 cm³/mol. The molecule has 0 saturated carbocycles. The van der Waals surface area contributed by atoms with E-state index in [9.17, 15) is 0 Å². The predicted octanol–water partition coefficient (Wildman–Crippen LogP) is 12.4. The first-order valence-corrected chi connectivity index (χ1v) is 18.3. The second-order valence-electron chi connectivity index (χ2n) is 13.5. The van der Waals surface area contributed by atoms with Gasteiger partial charge in [-0.3, -0.25) is 5.41 Å². The Morgan fingerprint density at radius 3 is 2.06 bits per heavy atom. The lowest BCUT2D eigenvalue weighted by Gasteiger charge is -2.17. The molecule has 4 nitrogen and oxygen atoms in total. The van der Waals surface area contributed by atoms with E-state index in [0.29, 0.717) is 12.4 Å². The molecular formula is C50H38N4. The fraction of sp³-hybridized carbons (Fsp3) is 0.0400. The summed E-state index contributed by atoms with van der Waals surface area (Å²) in [7, 11) is 0. The van der Waals surface area contributed by atoms with Gasteiger partial charge in [0.15, 0.2) is 5.84 Å². The van der Waals surface area contributed by atoms with Gasteiger partial charge in [-0.05, 0) is 57.7 Å². The number of allylic oxidation sites excluding steroid dienone is 1. The third-order valence-corrected chi connectivity index (χ3v) is 10.4. The van der Waals surface area contributed by atoms with Gasteiger partial charge < -0.3 is 9.72 Å². The molecule has 0 radical (unpaired) electrons. The van der Waals surface area contributed by atoms with E-state index >= 15 is 0 Å². The number of para-hydroxylation sites is 1. The molecule has 0 aliphatic carbocycles. The van der Waals surface area contributed by atoms with E-state index in [0.717, 1.165) is 27.9 Å². The van der Waals surface area contributed by atoms with Crippen molar-refractivity contribution in [2.75, 3.05) is 0 Å². The van der Waals surface area contributed by atoms with E-state index in [2.05, 4.69) is 132 Å². The minimum absolute atomic E-state index is 0.215. The topological polar surface area (TPSA) is 52.6 Å². The number of amidine groups is 2. The molecule has 9 rings (SSSR count). The van der Waals surface area contributed by atoms with Crippen LogP contribution in [-0.4, -0.2) is 16.1 Å². The van der Waals surface area contributed by atoms with Crippen molar-refractivity contribution >= 4 is 61.8 Å². The minimum Gasteiger partial charge on any atom is -0.365 e. The van der Waals surface area contributed by atoms with Crippen molar-refractivity contribution in [1.29, 1.82) is 5.41 Å². The van der Waals surface area contributed by atoms with E-state index < -0.39 is 0 Å². The molecular weight excluding hydrogens is 657 g/mol. The molecule has 0 unspecified atom stereocenters. The first-order valence-electron chi connectivity index (χ1n) is 18.3. The number of aliphatic imine (C=N–C) groups is 1. The average molecular weight is 695 g/mol. The van der Waals surface area contributed by atoms with Crippen molar-refractivity contribution < 1.29 is 0 Å². The van der Waals surface area contributed by atoms with E-state index in [-0.39, 0.29) is 5.84 Å². The zero-order chi connectivity index (χ0) is 36.6. The van der Waals surface area contributed by atoms with Crippen LogP contribution in [0.25, 0.3) is 72.4 Å². The highest BCUT2D eigenvalue weighted by atomic mass is 15.0. The molecule has 0 aliphatic rings. The largest absolute Gasteiger partial charge is 0.365 e. The van der Waals surface area contributed by atoms with Gasteiger partial charge in [0.1, 0.15) is 5.84 Å². The molecule has 2 heterocycles. The van der Waals surface area contributed by atoms with Crippen LogP contribution in [-0.2, 0) is 6.54 Å². The minimum atomic E-state index is 0.215. The van der Waals surface area contributed by atoms with Crippen LogP contribution in [0.5, 0.6) is 0 Å². The summed E-state index contributed by atoms with van der Waals surface area (Å²) < 4.78 is 2.41. The van der Waals surface area contributed by atoms with Gasteiger partial charge in [0.2, 0.25) is 0 Å². The molecule has 0 saturated heterocycles. The number of aromatic nitrogens is 1. The van der Waals surface area contributed by atoms with E-state index in [1.54, 1.807) is 0 Å². The fourth-order valence-electron chi connectivity index (χ4n) is 7.97. The molecule has 0 bridgehead atoms. The summed E-state index contributed by atoms with van der Waals surface area (Å²) in [6, 6.07) is 55.0. The second-order valence-corrected chi connectivity index (χ2v) is 13.5. The molecule has 7 aromatic carbocycles. The highest BCUT2D eigenvalue weighted by Gasteiger charge is 2.20. The zero-order valence-electron chi connectivity index (χ0n) is 30.1. The van der Waals surface area contributed by atoms with Crippen LogP contribution < -0.4 is 5.32 Å². The number of nitrogens with zero attached hydrogens (tertiary/aromatic N) is 2. The van der Waals surface area contributed by atoms with Crippen LogP contribution >= 0.6 is 0 Å². The number of hydrogen-bond donors (Lipinski definition) is 2. The van der Waals surface area contributed by atoms with E-state index in [1.807, 2.05) is 66.7 Å². The van der Waals surface area contributed by atoms with Crippen molar-refractivity contribution in [3.63, 3.8) is 0 Å². The quantitative estimate of drug-likeness (QED) is 0.121. The second kappa shape index (κ2) is 13.8. The SMILES string of the molecule is C=Cc1c(/C=C\C)n2c3cc(-c4ccc(-c5ccccc5CN/C(=N\C(=N)c5ccccc5)c5ccccc5)c5ccccc45)ccc3c3cccc1c32. The lowest BCUT2D eigenvalue weighted by atomic mass is 9.90. The first-order chi connectivity index (χ1) is 26.6. The Morgan fingerprint density at radius 2 is 1.30 bits per heavy atom. The molecule has 0 fully saturated rings. The zero-order valence-corrected chi connectivity index (χ0v) is 30.1. The highest BCUT2D eigenvalue weighted by molar-refractivity contribution is 6.18. The first kappa shape index (κ1) is 32.8. The van der Waals surface area contributed by atoms with Gasteiger partial charge >= 0.3 is 0 Å². The van der Waals surface area contributed by atoms with Gasteiger partial charge in [0, 0.05) is 39.4 Å². The van der Waals surface area contributed by atoms with Gasteiger partial charge in [-0.15, -0.1) is 0 Å². The number of fused-ring (bicyclic) bond motifs is 4. The van der Waals surface area contributed by atoms with Crippen LogP contribution in [0.2, 0.25) is 0 Å². The summed E-state index contributed by atoms with van der Waals surface area (Å²) >= 11 is 0. The number of hydrogen-bond acceptors (Lipinski definition) is 1. The van der Waals surface area contributed by atoms with Gasteiger partial charge in [0.05, 0.1) is 16.7 Å². The number of rotatable bonds is 8. The van der Waals surface area contributed by atoms with Crippen molar-refractivity contribution in [2.45, 2.75) is 13.5 Å². The smallest absolute Gasteiger partial charge is 0.154 e. The number of benzene rings is 7. The summed E-state index contributed by atoms with van der Waals surface area (Å²) in [5.74, 6) is 0.878. The molecule has 0 aliphatic heterocycles. The number of nitrogens with one attached hydrogen (secondary N) is 2. The van der Waals surface area contributed by atoms with Crippen molar-refractivity contribution in [2.24, 2.45) is 4.99 Å². The van der Waals surface area contributed by atoms with E-state index in [1.165, 1.54) is 60.2 Å². The molecule has 0 spiro atoms. The van der Waals surface area contributed by atoms with Crippen LogP contribution in [0, 0.1) is 5.41 Å². The maximum absolute atomic E-state index is 8.76. The fourth-order valence-corrected chi connectivity index (χ4v) is 7.97. The molecule has 9 aromatic rings. The lowest BCUT2D eigenvalue weighted by Crippen LogP contribution is -2.25. The molecule has 0 amide bonds. The molecule has 2 N–H and O–H groups in total. The van der Waals surface area contributed by atoms with Crippen molar-refractivity contribution in [3.8, 4) is 22.3 Å². The summed E-state index contributed by atoms with van der Waals surface area (Å²) in [6.07, 6.45) is 6.29. The Morgan fingerprint density at radius 1 is 0.648 bits per heavy atom. The Kier molecular flexibility index (Phi) is 8.41. The van der Waals surface area contributed by atoms with Crippen LogP contribution in [0.15, 0.2) is 175 Å². The van der Waals surface area contributed by atoms with Gasteiger partial charge in [-0.25, -0.2) is 4.99 Å². The van der Waals surface area contributed by atoms with Crippen LogP contribution in [0.4, 0.5) is 0 Å². The molecule has 0 atom stereocenters. The van der Waals surface area contributed by atoms with Gasteiger partial charge in [-0.2, -0.15) is 0 Å². The Balaban J connectivity index is 1.13. The van der Waals surface area contributed by atoms with Gasteiger partial charge in [0.25, 0.3) is 0 Å². The van der Waals surface area contributed by atoms with Gasteiger partial charge in [-0.1, -0.05) is 170 Å². The molecule has 54 heavy (non-hydrogen) atoms. The highest BCUT2D eigenvalue weighted by Crippen LogP contribution is 2.42. The Bertz CT molecular complexity index is 2910. The maximum Gasteiger partial charge on any atom is 0.154 e. The third kappa shape index (κ3) is 5.56. The summed E-state index contributed by atoms with van der Waals surface area (Å²) in [6.45, 7) is 6.79. The van der Waals surface area contributed by atoms with Crippen LogP contribution in [0.3, 0.4) is 0 Å². The molecule has 4 heteroatoms. The summed E-state index contributed by atoms with van der Waals surface area (Å²) in [5.41, 5.74) is 12.3. The third-order valence-electron chi connectivity index (χ3n) is 10.4. The van der Waals surface area contributed by atoms with Crippen molar-refractivity contribution in [3.05, 3.63) is 198 Å². The average Bonchev–Trinajstić information content (AvgIpc) is 3.74. The molecule has 2 aromatic heterocycles. The maximum atomic E-state index is 8.76. The lowest BCUT2D eigenvalue weighted by molar-refractivity contribution is 0.917. The monoisotopic (exact) mass is 694 g/mol. The Hall–Kier alpha value is -7.04. The molecule has 258 valence electrons. The summed E-state index contributed by atoms with van der Waals surface area (Å²) in [4.78, 5) is 4.78. The normalized spacial score (nSPS) is 12.1.